The summed E-state index contributed by atoms with van der Waals surface area (Å²) in [5, 5.41) is 18.9. The van der Waals surface area contributed by atoms with E-state index >= 15 is 0 Å². The molecule has 0 spiro atoms. The molecule has 2 N–H and O–H groups in total. The Labute approximate surface area is 104 Å². The Hall–Kier alpha value is -0.610. The van der Waals surface area contributed by atoms with E-state index in [9.17, 15) is 9.90 Å². The molecular weight excluding hydrogens is 218 g/mol. The number of nitrogens with zero attached hydrogens (tertiary/aromatic N) is 1. The number of carboxylic acids is 1. The Morgan fingerprint density at radius 1 is 1.41 bits per heavy atom. The number of aliphatic hydroxyl groups is 1. The van der Waals surface area contributed by atoms with Gasteiger partial charge in [-0.1, -0.05) is 13.8 Å². The molecule has 0 aromatic carbocycles. The van der Waals surface area contributed by atoms with E-state index in [1.165, 1.54) is 0 Å². The first-order valence-corrected chi connectivity index (χ1v) is 6.65. The van der Waals surface area contributed by atoms with E-state index in [0.29, 0.717) is 5.92 Å². The molecule has 100 valence electrons. The molecule has 0 bridgehead atoms. The average Bonchev–Trinajstić information content (AvgIpc) is 2.74. The minimum atomic E-state index is -0.706. The number of hydrogen-bond donors (Lipinski definition) is 2. The fourth-order valence-corrected chi connectivity index (χ4v) is 2.51. The highest BCUT2D eigenvalue weighted by molar-refractivity contribution is 5.66. The van der Waals surface area contributed by atoms with Crippen molar-refractivity contribution in [1.82, 2.24) is 4.90 Å². The monoisotopic (exact) mass is 243 g/mol. The molecule has 0 radical (unpaired) electrons. The highest BCUT2D eigenvalue weighted by atomic mass is 16.4. The largest absolute Gasteiger partial charge is 0.481 e. The van der Waals surface area contributed by atoms with Gasteiger partial charge in [0.2, 0.25) is 0 Å². The van der Waals surface area contributed by atoms with Crippen LogP contribution in [0.1, 0.15) is 46.0 Å². The van der Waals surface area contributed by atoms with E-state index < -0.39 is 11.6 Å². The maximum atomic E-state index is 10.5. The van der Waals surface area contributed by atoms with Crippen molar-refractivity contribution in [2.24, 2.45) is 5.92 Å². The SMILES string of the molecule is CCC(O)(CC)CN1CCC(CCC(=O)O)C1. The third kappa shape index (κ3) is 4.64. The van der Waals surface area contributed by atoms with Crippen LogP contribution in [0.3, 0.4) is 0 Å². The second-order valence-corrected chi connectivity index (χ2v) is 5.25. The molecule has 0 saturated carbocycles. The lowest BCUT2D eigenvalue weighted by molar-refractivity contribution is -0.137. The lowest BCUT2D eigenvalue weighted by atomic mass is 9.97. The van der Waals surface area contributed by atoms with Crippen LogP contribution in [0.2, 0.25) is 0 Å². The summed E-state index contributed by atoms with van der Waals surface area (Å²) in [6.45, 7) is 6.69. The van der Waals surface area contributed by atoms with Gasteiger partial charge in [-0.15, -0.1) is 0 Å². The molecular formula is C13H25NO3. The fraction of sp³-hybridized carbons (Fsp3) is 0.923. The topological polar surface area (TPSA) is 60.8 Å². The van der Waals surface area contributed by atoms with E-state index in [-0.39, 0.29) is 6.42 Å². The van der Waals surface area contributed by atoms with Gasteiger partial charge in [-0.3, -0.25) is 4.79 Å². The molecule has 4 nitrogen and oxygen atoms in total. The number of carboxylic acid groups (broad SMARTS) is 1. The third-order valence-electron chi connectivity index (χ3n) is 3.97. The Morgan fingerprint density at radius 2 is 2.06 bits per heavy atom. The molecule has 0 aliphatic carbocycles. The molecule has 1 fully saturated rings. The lowest BCUT2D eigenvalue weighted by Gasteiger charge is -2.30. The van der Waals surface area contributed by atoms with Crippen molar-refractivity contribution in [3.8, 4) is 0 Å². The molecule has 1 atom stereocenters. The van der Waals surface area contributed by atoms with Crippen molar-refractivity contribution in [2.45, 2.75) is 51.6 Å². The maximum Gasteiger partial charge on any atom is 0.303 e. The van der Waals surface area contributed by atoms with Gasteiger partial charge in [0.15, 0.2) is 0 Å². The highest BCUT2D eigenvalue weighted by Crippen LogP contribution is 2.24. The van der Waals surface area contributed by atoms with Gasteiger partial charge in [-0.2, -0.15) is 0 Å². The summed E-state index contributed by atoms with van der Waals surface area (Å²) in [4.78, 5) is 12.8. The second-order valence-electron chi connectivity index (χ2n) is 5.25. The minimum absolute atomic E-state index is 0.268. The molecule has 0 aromatic heterocycles. The zero-order valence-electron chi connectivity index (χ0n) is 11.0. The Kier molecular flexibility index (Phi) is 5.40. The summed E-state index contributed by atoms with van der Waals surface area (Å²) in [5.74, 6) is -0.217. The molecule has 1 rings (SSSR count). The zero-order valence-corrected chi connectivity index (χ0v) is 11.0. The van der Waals surface area contributed by atoms with Crippen molar-refractivity contribution >= 4 is 5.97 Å². The quantitative estimate of drug-likeness (QED) is 0.715. The van der Waals surface area contributed by atoms with Gasteiger partial charge in [0.25, 0.3) is 0 Å². The van der Waals surface area contributed by atoms with Gasteiger partial charge in [-0.25, -0.2) is 0 Å². The lowest BCUT2D eigenvalue weighted by Crippen LogP contribution is -2.41. The summed E-state index contributed by atoms with van der Waals surface area (Å²) < 4.78 is 0. The van der Waals surface area contributed by atoms with Crippen molar-refractivity contribution in [3.05, 3.63) is 0 Å². The first-order valence-electron chi connectivity index (χ1n) is 6.65. The molecule has 1 heterocycles. The van der Waals surface area contributed by atoms with Crippen molar-refractivity contribution in [2.75, 3.05) is 19.6 Å². The Bertz CT molecular complexity index is 251. The summed E-state index contributed by atoms with van der Waals surface area (Å²) in [7, 11) is 0. The van der Waals surface area contributed by atoms with Gasteiger partial charge < -0.3 is 15.1 Å². The Balaban J connectivity index is 2.32. The smallest absolute Gasteiger partial charge is 0.303 e. The predicted octanol–water partition coefficient (Wildman–Crippen LogP) is 1.72. The van der Waals surface area contributed by atoms with Crippen LogP contribution < -0.4 is 0 Å². The predicted molar refractivity (Wildman–Crippen MR) is 66.9 cm³/mol. The normalized spacial score (nSPS) is 21.9. The molecule has 1 unspecified atom stereocenters. The van der Waals surface area contributed by atoms with Crippen LogP contribution in [0.4, 0.5) is 0 Å². The number of carbonyl (C=O) groups is 1. The van der Waals surface area contributed by atoms with Gasteiger partial charge in [0.1, 0.15) is 0 Å². The maximum absolute atomic E-state index is 10.5. The minimum Gasteiger partial charge on any atom is -0.481 e. The first-order chi connectivity index (χ1) is 7.99. The molecule has 0 aromatic rings. The summed E-state index contributed by atoms with van der Waals surface area (Å²) in [6, 6.07) is 0. The Morgan fingerprint density at radius 3 is 2.59 bits per heavy atom. The van der Waals surface area contributed by atoms with Crippen molar-refractivity contribution in [1.29, 1.82) is 0 Å². The summed E-state index contributed by atoms with van der Waals surface area (Å²) >= 11 is 0. The van der Waals surface area contributed by atoms with E-state index in [4.69, 9.17) is 5.11 Å². The van der Waals surface area contributed by atoms with Gasteiger partial charge in [0, 0.05) is 19.5 Å². The first kappa shape index (κ1) is 14.5. The zero-order chi connectivity index (χ0) is 12.9. The molecule has 4 heteroatoms. The van der Waals surface area contributed by atoms with Gasteiger partial charge >= 0.3 is 5.97 Å². The molecule has 1 saturated heterocycles. The van der Waals surface area contributed by atoms with Crippen LogP contribution in [0.25, 0.3) is 0 Å². The van der Waals surface area contributed by atoms with E-state index in [2.05, 4.69) is 4.90 Å². The number of likely N-dealkylation sites (tertiary alicyclic amines) is 1. The van der Waals surface area contributed by atoms with Gasteiger partial charge in [0.05, 0.1) is 5.60 Å². The van der Waals surface area contributed by atoms with Crippen LogP contribution in [-0.2, 0) is 4.79 Å². The number of β-amino-alcohol motifs (C(OH)–C–C–N with tert-alkyl or cyclic N) is 1. The van der Waals surface area contributed by atoms with E-state index in [1.54, 1.807) is 0 Å². The van der Waals surface area contributed by atoms with E-state index in [0.717, 1.165) is 45.3 Å². The van der Waals surface area contributed by atoms with Crippen molar-refractivity contribution in [3.63, 3.8) is 0 Å². The van der Waals surface area contributed by atoms with Crippen molar-refractivity contribution < 1.29 is 15.0 Å². The van der Waals surface area contributed by atoms with E-state index in [1.807, 2.05) is 13.8 Å². The van der Waals surface area contributed by atoms with Crippen LogP contribution in [0, 0.1) is 5.92 Å². The van der Waals surface area contributed by atoms with Crippen LogP contribution in [0.5, 0.6) is 0 Å². The standard InChI is InChI=1S/C13H25NO3/c1-3-13(17,4-2)10-14-8-7-11(9-14)5-6-12(15)16/h11,17H,3-10H2,1-2H3,(H,15,16). The van der Waals surface area contributed by atoms with Crippen LogP contribution in [-0.4, -0.2) is 46.3 Å². The van der Waals surface area contributed by atoms with Crippen LogP contribution in [0.15, 0.2) is 0 Å². The highest BCUT2D eigenvalue weighted by Gasteiger charge is 2.30. The van der Waals surface area contributed by atoms with Crippen LogP contribution >= 0.6 is 0 Å². The average molecular weight is 243 g/mol. The number of aliphatic carboxylic acids is 1. The summed E-state index contributed by atoms with van der Waals surface area (Å²) in [5.41, 5.74) is -0.568. The molecule has 1 aliphatic rings. The number of rotatable bonds is 7. The molecule has 1 aliphatic heterocycles. The molecule has 0 amide bonds. The number of hydrogen-bond acceptors (Lipinski definition) is 3. The molecule has 17 heavy (non-hydrogen) atoms. The summed E-state index contributed by atoms with van der Waals surface area (Å²) in [6.07, 6.45) is 3.66. The third-order valence-corrected chi connectivity index (χ3v) is 3.97. The van der Waals surface area contributed by atoms with Gasteiger partial charge in [-0.05, 0) is 38.1 Å². The fourth-order valence-electron chi connectivity index (χ4n) is 2.51. The second kappa shape index (κ2) is 6.36.